The highest BCUT2D eigenvalue weighted by Crippen LogP contribution is 2.30. The number of alkyl halides is 3. The van der Waals surface area contributed by atoms with Crippen LogP contribution in [-0.2, 0) is 37.0 Å². The van der Waals surface area contributed by atoms with Crippen LogP contribution in [0.15, 0.2) is 72.8 Å². The van der Waals surface area contributed by atoms with Crippen LogP contribution < -0.4 is 4.74 Å². The van der Waals surface area contributed by atoms with E-state index in [4.69, 9.17) is 4.74 Å². The molecule has 0 aliphatic carbocycles. The van der Waals surface area contributed by atoms with Crippen LogP contribution in [0.25, 0.3) is 0 Å². The Kier molecular flexibility index (Phi) is 8.33. The number of carbonyl (C=O) groups excluding carboxylic acids is 2. The molecule has 0 saturated carbocycles. The number of Topliss-reactive ketones (excluding diaryl/α,β-unsaturated/α-hetero) is 2. The molecule has 0 atom stereocenters. The fraction of sp³-hybridized carbons (Fsp3) is 0.258. The Morgan fingerprint density at radius 1 is 0.872 bits per heavy atom. The molecule has 0 amide bonds. The summed E-state index contributed by atoms with van der Waals surface area (Å²) in [6.45, 7) is 6.12. The zero-order valence-electron chi connectivity index (χ0n) is 22.0. The van der Waals surface area contributed by atoms with Gasteiger partial charge in [0, 0.05) is 29.7 Å². The maximum Gasteiger partial charge on any atom is 0.416 e. The van der Waals surface area contributed by atoms with Gasteiger partial charge in [0.15, 0.2) is 5.78 Å². The van der Waals surface area contributed by atoms with Crippen LogP contribution in [0.3, 0.4) is 0 Å². The number of halogens is 3. The van der Waals surface area contributed by atoms with Crippen molar-refractivity contribution in [2.75, 3.05) is 0 Å². The van der Waals surface area contributed by atoms with Crippen LogP contribution in [0, 0.1) is 13.8 Å². The third-order valence-electron chi connectivity index (χ3n) is 6.51. The lowest BCUT2D eigenvalue weighted by molar-refractivity contribution is -0.137. The second-order valence-corrected chi connectivity index (χ2v) is 9.61. The molecule has 0 saturated heterocycles. The van der Waals surface area contributed by atoms with Crippen molar-refractivity contribution in [3.05, 3.63) is 118 Å². The van der Waals surface area contributed by atoms with Crippen LogP contribution in [-0.4, -0.2) is 21.3 Å². The minimum Gasteiger partial charge on any atom is -0.489 e. The number of ketones is 2. The molecule has 0 fully saturated rings. The Balaban J connectivity index is 1.37. The Morgan fingerprint density at radius 2 is 1.54 bits per heavy atom. The molecule has 202 valence electrons. The van der Waals surface area contributed by atoms with Gasteiger partial charge in [0.2, 0.25) is 0 Å². The molecule has 0 radical (unpaired) electrons. The van der Waals surface area contributed by atoms with Gasteiger partial charge in [-0.15, -0.1) is 0 Å². The summed E-state index contributed by atoms with van der Waals surface area (Å²) < 4.78 is 45.6. The molecule has 0 spiro atoms. The highest BCUT2D eigenvalue weighted by molar-refractivity contribution is 5.97. The van der Waals surface area contributed by atoms with E-state index in [0.29, 0.717) is 24.3 Å². The first-order valence-electron chi connectivity index (χ1n) is 12.5. The summed E-state index contributed by atoms with van der Waals surface area (Å²) in [6.07, 6.45) is -3.78. The van der Waals surface area contributed by atoms with Crippen molar-refractivity contribution in [2.45, 2.75) is 52.9 Å². The molecule has 0 aliphatic heterocycles. The molecule has 1 aromatic heterocycles. The predicted molar refractivity (Wildman–Crippen MR) is 142 cm³/mol. The predicted octanol–water partition coefficient (Wildman–Crippen LogP) is 6.70. The molecular formula is C31H29F3N2O3. The number of nitrogens with zero attached hydrogens (tertiary/aromatic N) is 2. The van der Waals surface area contributed by atoms with E-state index < -0.39 is 11.7 Å². The zero-order chi connectivity index (χ0) is 28.2. The first-order chi connectivity index (χ1) is 18.5. The number of ether oxygens (including phenoxy) is 1. The van der Waals surface area contributed by atoms with E-state index >= 15 is 0 Å². The number of carbonyl (C=O) groups is 2. The summed E-state index contributed by atoms with van der Waals surface area (Å²) in [5.74, 6) is 0.398. The van der Waals surface area contributed by atoms with E-state index in [1.165, 1.54) is 12.1 Å². The Labute approximate surface area is 225 Å². The smallest absolute Gasteiger partial charge is 0.416 e. The number of aryl methyl sites for hydroxylation is 1. The first-order valence-corrected chi connectivity index (χ1v) is 12.5. The molecule has 4 aromatic rings. The zero-order valence-corrected chi connectivity index (χ0v) is 22.0. The maximum absolute atomic E-state index is 13.0. The fourth-order valence-electron chi connectivity index (χ4n) is 4.40. The van der Waals surface area contributed by atoms with Gasteiger partial charge in [0.25, 0.3) is 0 Å². The molecule has 3 aromatic carbocycles. The van der Waals surface area contributed by atoms with E-state index in [1.807, 2.05) is 42.8 Å². The number of hydrogen-bond donors (Lipinski definition) is 0. The molecular weight excluding hydrogens is 505 g/mol. The van der Waals surface area contributed by atoms with Gasteiger partial charge in [-0.05, 0) is 61.7 Å². The standard InChI is InChI=1S/C31H29F3N2O3/c1-20(37)15-24-5-4-6-25(16-24)18-36-22(3)29(21(2)35-36)17-30(38)26-9-7-23(8-10-26)19-39-28-13-11-27(12-14-28)31(32,33)34/h4-14,16H,15,17-19H2,1-3H3. The molecule has 1 heterocycles. The Bertz CT molecular complexity index is 1470. The molecule has 8 heteroatoms. The monoisotopic (exact) mass is 534 g/mol. The van der Waals surface area contributed by atoms with Crippen molar-refractivity contribution in [1.29, 1.82) is 0 Å². The minimum absolute atomic E-state index is 0.0422. The van der Waals surface area contributed by atoms with Gasteiger partial charge in [0.1, 0.15) is 18.1 Å². The lowest BCUT2D eigenvalue weighted by Crippen LogP contribution is -2.08. The summed E-state index contributed by atoms with van der Waals surface area (Å²) in [5, 5.41) is 4.65. The molecule has 39 heavy (non-hydrogen) atoms. The lowest BCUT2D eigenvalue weighted by Gasteiger charge is -2.10. The number of benzene rings is 3. The van der Waals surface area contributed by atoms with Crippen molar-refractivity contribution in [3.8, 4) is 5.75 Å². The van der Waals surface area contributed by atoms with E-state index in [9.17, 15) is 22.8 Å². The second kappa shape index (κ2) is 11.7. The summed E-state index contributed by atoms with van der Waals surface area (Å²) in [7, 11) is 0. The van der Waals surface area contributed by atoms with E-state index in [-0.39, 0.29) is 24.6 Å². The van der Waals surface area contributed by atoms with Crippen LogP contribution >= 0.6 is 0 Å². The SMILES string of the molecule is CC(=O)Cc1cccc(Cn2nc(C)c(CC(=O)c3ccc(COc4ccc(C(F)(F)F)cc4)cc3)c2C)c1. The quantitative estimate of drug-likeness (QED) is 0.212. The Morgan fingerprint density at radius 3 is 2.18 bits per heavy atom. The third kappa shape index (κ3) is 7.22. The molecule has 0 bridgehead atoms. The Hall–Kier alpha value is -4.20. The average Bonchev–Trinajstić information content (AvgIpc) is 3.14. The van der Waals surface area contributed by atoms with Crippen molar-refractivity contribution < 1.29 is 27.5 Å². The van der Waals surface area contributed by atoms with Gasteiger partial charge in [0.05, 0.1) is 17.8 Å². The molecule has 5 nitrogen and oxygen atoms in total. The maximum atomic E-state index is 13.0. The van der Waals surface area contributed by atoms with Crippen molar-refractivity contribution in [2.24, 2.45) is 0 Å². The lowest BCUT2D eigenvalue weighted by atomic mass is 10.0. The van der Waals surface area contributed by atoms with Crippen molar-refractivity contribution in [3.63, 3.8) is 0 Å². The van der Waals surface area contributed by atoms with E-state index in [2.05, 4.69) is 5.10 Å². The van der Waals surface area contributed by atoms with Crippen LogP contribution in [0.5, 0.6) is 5.75 Å². The first kappa shape index (κ1) is 27.8. The van der Waals surface area contributed by atoms with Crippen molar-refractivity contribution >= 4 is 11.6 Å². The summed E-state index contributed by atoms with van der Waals surface area (Å²) >= 11 is 0. The average molecular weight is 535 g/mol. The summed E-state index contributed by atoms with van der Waals surface area (Å²) in [4.78, 5) is 24.5. The van der Waals surface area contributed by atoms with Crippen LogP contribution in [0.2, 0.25) is 0 Å². The molecule has 0 N–H and O–H groups in total. The number of aromatic nitrogens is 2. The largest absolute Gasteiger partial charge is 0.489 e. The highest BCUT2D eigenvalue weighted by atomic mass is 19.4. The number of hydrogen-bond acceptors (Lipinski definition) is 4. The number of rotatable bonds is 10. The van der Waals surface area contributed by atoms with Gasteiger partial charge in [-0.25, -0.2) is 0 Å². The highest BCUT2D eigenvalue weighted by Gasteiger charge is 2.30. The normalized spacial score (nSPS) is 11.4. The summed E-state index contributed by atoms with van der Waals surface area (Å²) in [5.41, 5.74) is 5.20. The summed E-state index contributed by atoms with van der Waals surface area (Å²) in [6, 6.07) is 19.4. The van der Waals surface area contributed by atoms with Gasteiger partial charge < -0.3 is 4.74 Å². The van der Waals surface area contributed by atoms with Gasteiger partial charge in [-0.2, -0.15) is 18.3 Å². The molecule has 0 aliphatic rings. The fourth-order valence-corrected chi connectivity index (χ4v) is 4.40. The third-order valence-corrected chi connectivity index (χ3v) is 6.51. The van der Waals surface area contributed by atoms with E-state index in [0.717, 1.165) is 45.8 Å². The van der Waals surface area contributed by atoms with Crippen molar-refractivity contribution in [1.82, 2.24) is 9.78 Å². The van der Waals surface area contributed by atoms with Gasteiger partial charge in [-0.3, -0.25) is 14.3 Å². The van der Waals surface area contributed by atoms with Gasteiger partial charge >= 0.3 is 6.18 Å². The van der Waals surface area contributed by atoms with Crippen LogP contribution in [0.4, 0.5) is 13.2 Å². The second-order valence-electron chi connectivity index (χ2n) is 9.61. The van der Waals surface area contributed by atoms with Crippen LogP contribution in [0.1, 0.15) is 56.5 Å². The molecule has 4 rings (SSSR count). The van der Waals surface area contributed by atoms with Gasteiger partial charge in [-0.1, -0.05) is 48.5 Å². The molecule has 0 unspecified atom stereocenters. The minimum atomic E-state index is -4.39. The van der Waals surface area contributed by atoms with E-state index in [1.54, 1.807) is 31.2 Å². The topological polar surface area (TPSA) is 61.2 Å².